The maximum Gasteiger partial charge on any atom is 0.325 e. The van der Waals surface area contributed by atoms with E-state index in [0.29, 0.717) is 21.2 Å². The number of halogens is 3. The smallest absolute Gasteiger partial charge is 0.325 e. The van der Waals surface area contributed by atoms with Crippen LogP contribution in [0.5, 0.6) is 0 Å². The third-order valence-corrected chi connectivity index (χ3v) is 5.13. The van der Waals surface area contributed by atoms with Crippen molar-refractivity contribution in [3.05, 3.63) is 109 Å². The number of esters is 1. The van der Waals surface area contributed by atoms with Gasteiger partial charge in [-0.1, -0.05) is 53.5 Å². The van der Waals surface area contributed by atoms with E-state index in [9.17, 15) is 19.3 Å². The predicted molar refractivity (Wildman–Crippen MR) is 108 cm³/mol. The first-order valence-corrected chi connectivity index (χ1v) is 9.11. The number of nitrogens with zero attached hydrogens (tertiary/aromatic N) is 1. The maximum absolute atomic E-state index is 14.5. The molecule has 0 aromatic heterocycles. The van der Waals surface area contributed by atoms with Gasteiger partial charge in [0.25, 0.3) is 0 Å². The largest absolute Gasteiger partial charge is 0.468 e. The minimum atomic E-state index is -1.60. The van der Waals surface area contributed by atoms with Crippen LogP contribution in [0.3, 0.4) is 0 Å². The zero-order valence-corrected chi connectivity index (χ0v) is 16.6. The minimum absolute atomic E-state index is 0.164. The van der Waals surface area contributed by atoms with E-state index in [2.05, 4.69) is 0 Å². The SMILES string of the molecule is COC(=O)C(c1ccc(Cl)cc1)(c1ccc(Cl)cc1)c1ccc([N+](=O)[O-])c(F)c1. The Morgan fingerprint density at radius 3 is 1.76 bits per heavy atom. The third kappa shape index (κ3) is 3.69. The summed E-state index contributed by atoms with van der Waals surface area (Å²) in [6.45, 7) is 0. The minimum Gasteiger partial charge on any atom is -0.468 e. The van der Waals surface area contributed by atoms with E-state index in [1.165, 1.54) is 13.2 Å². The summed E-state index contributed by atoms with van der Waals surface area (Å²) in [5.74, 6) is -1.76. The number of ether oxygens (including phenoxy) is 1. The highest BCUT2D eigenvalue weighted by Crippen LogP contribution is 2.42. The Morgan fingerprint density at radius 2 is 1.38 bits per heavy atom. The van der Waals surface area contributed by atoms with Crippen LogP contribution < -0.4 is 0 Å². The maximum atomic E-state index is 14.5. The zero-order valence-electron chi connectivity index (χ0n) is 15.1. The Bertz CT molecular complexity index is 1020. The van der Waals surface area contributed by atoms with Crippen LogP contribution in [0.15, 0.2) is 66.7 Å². The number of rotatable bonds is 5. The van der Waals surface area contributed by atoms with Gasteiger partial charge < -0.3 is 4.74 Å². The van der Waals surface area contributed by atoms with Gasteiger partial charge in [-0.25, -0.2) is 0 Å². The monoisotopic (exact) mass is 433 g/mol. The summed E-state index contributed by atoms with van der Waals surface area (Å²) in [7, 11) is 1.21. The molecule has 0 atom stereocenters. The van der Waals surface area contributed by atoms with Crippen molar-refractivity contribution in [2.75, 3.05) is 7.11 Å². The number of benzene rings is 3. The Morgan fingerprint density at radius 1 is 0.931 bits per heavy atom. The molecule has 3 aromatic carbocycles. The lowest BCUT2D eigenvalue weighted by Crippen LogP contribution is -2.39. The first-order chi connectivity index (χ1) is 13.8. The van der Waals surface area contributed by atoms with Crippen molar-refractivity contribution in [1.82, 2.24) is 0 Å². The van der Waals surface area contributed by atoms with Crippen molar-refractivity contribution in [3.8, 4) is 0 Å². The van der Waals surface area contributed by atoms with Gasteiger partial charge in [0.15, 0.2) is 0 Å². The van der Waals surface area contributed by atoms with Crippen molar-refractivity contribution in [3.63, 3.8) is 0 Å². The first kappa shape index (κ1) is 20.8. The topological polar surface area (TPSA) is 69.4 Å². The second-order valence-electron chi connectivity index (χ2n) is 6.18. The van der Waals surface area contributed by atoms with Crippen LogP contribution in [0.25, 0.3) is 0 Å². The van der Waals surface area contributed by atoms with Crippen molar-refractivity contribution in [2.24, 2.45) is 0 Å². The summed E-state index contributed by atoms with van der Waals surface area (Å²) in [5, 5.41) is 11.9. The quantitative estimate of drug-likeness (QED) is 0.229. The van der Waals surface area contributed by atoms with Gasteiger partial charge in [0.05, 0.1) is 12.0 Å². The van der Waals surface area contributed by atoms with Crippen LogP contribution in [-0.4, -0.2) is 18.0 Å². The Labute approximate surface area is 175 Å². The average molecular weight is 434 g/mol. The molecule has 0 saturated heterocycles. The number of nitro benzene ring substituents is 1. The summed E-state index contributed by atoms with van der Waals surface area (Å²) in [5.41, 5.74) is -1.23. The van der Waals surface area contributed by atoms with E-state index in [1.54, 1.807) is 48.5 Å². The molecule has 3 rings (SSSR count). The highest BCUT2D eigenvalue weighted by Gasteiger charge is 2.46. The Kier molecular flexibility index (Phi) is 5.86. The average Bonchev–Trinajstić information content (AvgIpc) is 2.70. The molecular weight excluding hydrogens is 420 g/mol. The molecule has 0 saturated carbocycles. The fraction of sp³-hybridized carbons (Fsp3) is 0.0952. The molecule has 148 valence electrons. The standard InChI is InChI=1S/C21H14Cl2FNO4/c1-29-20(26)21(13-2-7-16(22)8-3-13,14-4-9-17(23)10-5-14)15-6-11-19(25(27)28)18(24)12-15/h2-12H,1H3. The molecule has 0 N–H and O–H groups in total. The predicted octanol–water partition coefficient (Wildman–Crippen LogP) is 5.55. The number of hydrogen-bond donors (Lipinski definition) is 0. The van der Waals surface area contributed by atoms with Crippen LogP contribution in [0.4, 0.5) is 10.1 Å². The molecule has 0 aliphatic heterocycles. The molecule has 0 amide bonds. The molecule has 0 unspecified atom stereocenters. The second kappa shape index (κ2) is 8.19. The molecule has 29 heavy (non-hydrogen) atoms. The van der Waals surface area contributed by atoms with Gasteiger partial charge in [-0.05, 0) is 47.0 Å². The summed E-state index contributed by atoms with van der Waals surface area (Å²) in [4.78, 5) is 23.4. The van der Waals surface area contributed by atoms with Crippen molar-refractivity contribution in [1.29, 1.82) is 0 Å². The molecule has 0 bridgehead atoms. The lowest BCUT2D eigenvalue weighted by Gasteiger charge is -2.33. The summed E-state index contributed by atoms with van der Waals surface area (Å²) < 4.78 is 19.6. The number of carbonyl (C=O) groups excluding carboxylic acids is 1. The zero-order chi connectivity index (χ0) is 21.2. The third-order valence-electron chi connectivity index (χ3n) is 4.62. The summed E-state index contributed by atoms with van der Waals surface area (Å²) >= 11 is 12.0. The lowest BCUT2D eigenvalue weighted by atomic mass is 9.69. The number of nitro groups is 1. The molecule has 0 radical (unpaired) electrons. The fourth-order valence-electron chi connectivity index (χ4n) is 3.29. The second-order valence-corrected chi connectivity index (χ2v) is 7.05. The summed E-state index contributed by atoms with van der Waals surface area (Å²) in [6.07, 6.45) is 0. The van der Waals surface area contributed by atoms with Gasteiger partial charge in [0.1, 0.15) is 5.41 Å². The van der Waals surface area contributed by atoms with Crippen LogP contribution >= 0.6 is 23.2 Å². The lowest BCUT2D eigenvalue weighted by molar-refractivity contribution is -0.387. The molecular formula is C21H14Cl2FNO4. The van der Waals surface area contributed by atoms with Crippen LogP contribution in [0.1, 0.15) is 16.7 Å². The van der Waals surface area contributed by atoms with Gasteiger partial charge >= 0.3 is 11.7 Å². The molecule has 0 spiro atoms. The Balaban J connectivity index is 2.40. The number of methoxy groups -OCH3 is 1. The molecule has 3 aromatic rings. The molecule has 0 aliphatic rings. The van der Waals surface area contributed by atoms with Crippen LogP contribution in [-0.2, 0) is 14.9 Å². The van der Waals surface area contributed by atoms with E-state index in [-0.39, 0.29) is 5.56 Å². The van der Waals surface area contributed by atoms with Gasteiger partial charge in [-0.15, -0.1) is 0 Å². The normalized spacial score (nSPS) is 11.2. The van der Waals surface area contributed by atoms with Crippen molar-refractivity contribution < 1.29 is 18.8 Å². The molecule has 0 fully saturated rings. The first-order valence-electron chi connectivity index (χ1n) is 8.35. The van der Waals surface area contributed by atoms with E-state index < -0.39 is 27.8 Å². The van der Waals surface area contributed by atoms with Gasteiger partial charge in [0, 0.05) is 16.1 Å². The van der Waals surface area contributed by atoms with E-state index in [1.807, 2.05) is 0 Å². The molecule has 0 heterocycles. The van der Waals surface area contributed by atoms with Gasteiger partial charge in [-0.3, -0.25) is 14.9 Å². The van der Waals surface area contributed by atoms with E-state index in [4.69, 9.17) is 27.9 Å². The van der Waals surface area contributed by atoms with Crippen molar-refractivity contribution in [2.45, 2.75) is 5.41 Å². The fourth-order valence-corrected chi connectivity index (χ4v) is 3.55. The Hall–Kier alpha value is -2.96. The van der Waals surface area contributed by atoms with Crippen LogP contribution in [0, 0.1) is 15.9 Å². The van der Waals surface area contributed by atoms with Gasteiger partial charge in [0.2, 0.25) is 5.82 Å². The highest BCUT2D eigenvalue weighted by molar-refractivity contribution is 6.30. The summed E-state index contributed by atoms with van der Waals surface area (Å²) in [6, 6.07) is 16.2. The van der Waals surface area contributed by atoms with E-state index in [0.717, 1.165) is 12.1 Å². The highest BCUT2D eigenvalue weighted by atomic mass is 35.5. The van der Waals surface area contributed by atoms with E-state index >= 15 is 0 Å². The number of hydrogen-bond acceptors (Lipinski definition) is 4. The molecule has 8 heteroatoms. The van der Waals surface area contributed by atoms with Gasteiger partial charge in [-0.2, -0.15) is 4.39 Å². The van der Waals surface area contributed by atoms with Crippen molar-refractivity contribution >= 4 is 34.9 Å². The number of carbonyl (C=O) groups is 1. The molecule has 0 aliphatic carbocycles. The molecule has 5 nitrogen and oxygen atoms in total. The van der Waals surface area contributed by atoms with Crippen LogP contribution in [0.2, 0.25) is 10.0 Å².